The van der Waals surface area contributed by atoms with Gasteiger partial charge in [0.25, 0.3) is 21.8 Å². The maximum Gasteiger partial charge on any atom is 0.262 e. The molecule has 0 aromatic heterocycles. The number of allylic oxidation sites excluding steroid dienone is 1. The lowest BCUT2D eigenvalue weighted by molar-refractivity contribution is -0.125. The number of halogens is 1. The van der Waals surface area contributed by atoms with Gasteiger partial charge in [0.05, 0.1) is 16.0 Å². The predicted octanol–water partition coefficient (Wildman–Crippen LogP) is 2.53. The van der Waals surface area contributed by atoms with Crippen molar-refractivity contribution in [3.8, 4) is 0 Å². The Morgan fingerprint density at radius 1 is 1.07 bits per heavy atom. The Labute approximate surface area is 177 Å². The lowest BCUT2D eigenvalue weighted by Gasteiger charge is -2.29. The van der Waals surface area contributed by atoms with Crippen molar-refractivity contribution in [3.05, 3.63) is 70.9 Å². The number of carbonyl (C=O) groups excluding carboxylic acids is 3. The third kappa shape index (κ3) is 3.46. The van der Waals surface area contributed by atoms with Crippen molar-refractivity contribution < 1.29 is 22.8 Å². The largest absolute Gasteiger partial charge is 0.329 e. The fourth-order valence-corrected chi connectivity index (χ4v) is 4.81. The summed E-state index contributed by atoms with van der Waals surface area (Å²) in [6, 6.07) is 8.83. The lowest BCUT2D eigenvalue weighted by atomic mass is 10.0. The van der Waals surface area contributed by atoms with Crippen LogP contribution in [0.4, 0.5) is 5.69 Å². The predicted molar refractivity (Wildman–Crippen MR) is 110 cm³/mol. The summed E-state index contributed by atoms with van der Waals surface area (Å²) in [5.74, 6) is -1.71. The average Bonchev–Trinajstić information content (AvgIpc) is 2.92. The van der Waals surface area contributed by atoms with Gasteiger partial charge >= 0.3 is 0 Å². The first-order chi connectivity index (χ1) is 14.2. The van der Waals surface area contributed by atoms with Gasteiger partial charge in [-0.05, 0) is 49.2 Å². The fourth-order valence-electron chi connectivity index (χ4n) is 3.46. The van der Waals surface area contributed by atoms with Crippen LogP contribution in [0.5, 0.6) is 0 Å². The molecule has 2 aromatic carbocycles. The van der Waals surface area contributed by atoms with E-state index in [-0.39, 0.29) is 33.2 Å². The molecule has 0 radical (unpaired) electrons. The number of piperidine rings is 1. The van der Waals surface area contributed by atoms with Crippen LogP contribution in [0.3, 0.4) is 0 Å². The molecule has 30 heavy (non-hydrogen) atoms. The summed E-state index contributed by atoms with van der Waals surface area (Å²) < 4.78 is 27.6. The first-order valence-corrected chi connectivity index (χ1v) is 10.8. The summed E-state index contributed by atoms with van der Waals surface area (Å²) in [4.78, 5) is 38.7. The van der Waals surface area contributed by atoms with Gasteiger partial charge in [0.1, 0.15) is 6.04 Å². The summed E-state index contributed by atoms with van der Waals surface area (Å²) in [7, 11) is -3.95. The third-order valence-electron chi connectivity index (χ3n) is 4.91. The van der Waals surface area contributed by atoms with Crippen LogP contribution < -0.4 is 10.0 Å². The SMILES string of the molecule is C=C1CCC(N2C(=O)c3ccc(NS(=O)(=O)c4cccc(Cl)c4)cc3C2=O)C(=O)N1. The number of rotatable bonds is 4. The molecule has 0 bridgehead atoms. The fraction of sp³-hybridized carbons (Fsp3) is 0.150. The van der Waals surface area contributed by atoms with E-state index in [2.05, 4.69) is 16.6 Å². The second-order valence-electron chi connectivity index (χ2n) is 6.95. The van der Waals surface area contributed by atoms with Gasteiger partial charge in [0.2, 0.25) is 5.91 Å². The van der Waals surface area contributed by atoms with Crippen LogP contribution in [0.1, 0.15) is 33.6 Å². The molecule has 0 spiro atoms. The monoisotopic (exact) mass is 445 g/mol. The Hall–Kier alpha value is -3.17. The van der Waals surface area contributed by atoms with E-state index >= 15 is 0 Å². The molecule has 8 nitrogen and oxygen atoms in total. The van der Waals surface area contributed by atoms with E-state index in [9.17, 15) is 22.8 Å². The minimum Gasteiger partial charge on any atom is -0.329 e. The van der Waals surface area contributed by atoms with E-state index in [1.807, 2.05) is 0 Å². The van der Waals surface area contributed by atoms with E-state index in [4.69, 9.17) is 11.6 Å². The Morgan fingerprint density at radius 2 is 1.80 bits per heavy atom. The molecule has 1 fully saturated rings. The number of nitrogens with zero attached hydrogens (tertiary/aromatic N) is 1. The summed E-state index contributed by atoms with van der Waals surface area (Å²) in [6.45, 7) is 3.69. The smallest absolute Gasteiger partial charge is 0.262 e. The van der Waals surface area contributed by atoms with Gasteiger partial charge in [-0.1, -0.05) is 24.2 Å². The van der Waals surface area contributed by atoms with E-state index in [0.717, 1.165) is 4.90 Å². The normalized spacial score (nSPS) is 19.0. The second-order valence-corrected chi connectivity index (χ2v) is 9.07. The first-order valence-electron chi connectivity index (χ1n) is 8.96. The molecule has 0 aliphatic carbocycles. The molecular weight excluding hydrogens is 430 g/mol. The minimum atomic E-state index is -3.95. The van der Waals surface area contributed by atoms with Crippen LogP contribution in [0.2, 0.25) is 5.02 Å². The lowest BCUT2D eigenvalue weighted by Crippen LogP contribution is -2.51. The molecular formula is C20H16ClN3O5S. The van der Waals surface area contributed by atoms with Crippen molar-refractivity contribution in [1.29, 1.82) is 0 Å². The minimum absolute atomic E-state index is 0.0310. The van der Waals surface area contributed by atoms with Crippen molar-refractivity contribution in [2.24, 2.45) is 0 Å². The van der Waals surface area contributed by atoms with Gasteiger partial charge in [-0.15, -0.1) is 0 Å². The molecule has 1 atom stereocenters. The molecule has 1 saturated heterocycles. The van der Waals surface area contributed by atoms with Gasteiger partial charge < -0.3 is 5.32 Å². The van der Waals surface area contributed by atoms with Crippen LogP contribution in [0, 0.1) is 0 Å². The zero-order valence-electron chi connectivity index (χ0n) is 15.5. The molecule has 2 aromatic rings. The number of anilines is 1. The van der Waals surface area contributed by atoms with E-state index in [1.54, 1.807) is 6.07 Å². The number of carbonyl (C=O) groups is 3. The van der Waals surface area contributed by atoms with Crippen LogP contribution in [0.25, 0.3) is 0 Å². The number of hydrogen-bond donors (Lipinski definition) is 2. The summed E-state index contributed by atoms with van der Waals surface area (Å²) in [5, 5.41) is 2.82. The molecule has 2 N–H and O–H groups in total. The van der Waals surface area contributed by atoms with Crippen molar-refractivity contribution in [3.63, 3.8) is 0 Å². The van der Waals surface area contributed by atoms with Crippen LogP contribution >= 0.6 is 11.6 Å². The zero-order valence-corrected chi connectivity index (χ0v) is 17.1. The highest BCUT2D eigenvalue weighted by molar-refractivity contribution is 7.92. The molecule has 0 saturated carbocycles. The number of nitrogens with one attached hydrogen (secondary N) is 2. The Bertz CT molecular complexity index is 1220. The van der Waals surface area contributed by atoms with Gasteiger partial charge in [0, 0.05) is 16.4 Å². The number of benzene rings is 2. The van der Waals surface area contributed by atoms with E-state index < -0.39 is 33.8 Å². The molecule has 3 amide bonds. The van der Waals surface area contributed by atoms with Crippen molar-refractivity contribution in [2.45, 2.75) is 23.8 Å². The molecule has 10 heteroatoms. The summed E-state index contributed by atoms with van der Waals surface area (Å²) in [6.07, 6.45) is 0.735. The van der Waals surface area contributed by atoms with Crippen molar-refractivity contribution in [1.82, 2.24) is 10.2 Å². The number of hydrogen-bond acceptors (Lipinski definition) is 5. The number of amides is 3. The Kier molecular flexibility index (Phi) is 4.87. The highest BCUT2D eigenvalue weighted by Gasteiger charge is 2.44. The molecule has 154 valence electrons. The zero-order chi connectivity index (χ0) is 21.6. The highest BCUT2D eigenvalue weighted by Crippen LogP contribution is 2.31. The summed E-state index contributed by atoms with van der Waals surface area (Å²) in [5.41, 5.74) is 0.787. The van der Waals surface area contributed by atoms with Gasteiger partial charge in [-0.25, -0.2) is 8.42 Å². The number of fused-ring (bicyclic) bond motifs is 1. The number of imide groups is 1. The Morgan fingerprint density at radius 3 is 2.50 bits per heavy atom. The van der Waals surface area contributed by atoms with E-state index in [1.165, 1.54) is 36.4 Å². The van der Waals surface area contributed by atoms with Gasteiger partial charge in [-0.2, -0.15) is 0 Å². The van der Waals surface area contributed by atoms with Crippen LogP contribution in [0.15, 0.2) is 59.6 Å². The second kappa shape index (κ2) is 7.26. The topological polar surface area (TPSA) is 113 Å². The molecule has 2 aliphatic rings. The summed E-state index contributed by atoms with van der Waals surface area (Å²) >= 11 is 5.86. The van der Waals surface area contributed by atoms with E-state index in [0.29, 0.717) is 12.1 Å². The average molecular weight is 446 g/mol. The van der Waals surface area contributed by atoms with Crippen molar-refractivity contribution >= 4 is 45.0 Å². The number of sulfonamides is 1. The maximum atomic E-state index is 12.9. The molecule has 1 unspecified atom stereocenters. The maximum absolute atomic E-state index is 12.9. The van der Waals surface area contributed by atoms with Gasteiger partial charge in [-0.3, -0.25) is 24.0 Å². The molecule has 4 rings (SSSR count). The van der Waals surface area contributed by atoms with Crippen molar-refractivity contribution in [2.75, 3.05) is 4.72 Å². The molecule has 2 aliphatic heterocycles. The standard InChI is InChI=1S/C20H16ClN3O5S/c1-11-5-8-17(18(25)22-11)24-19(26)15-7-6-13(10-16(15)20(24)27)23-30(28,29)14-4-2-3-12(21)9-14/h2-4,6-7,9-10,17,23H,1,5,8H2,(H,22,25). The van der Waals surface area contributed by atoms with Gasteiger partial charge in [0.15, 0.2) is 0 Å². The third-order valence-corrected chi connectivity index (χ3v) is 6.52. The van der Waals surface area contributed by atoms with Crippen LogP contribution in [-0.4, -0.2) is 37.1 Å². The van der Waals surface area contributed by atoms with Crippen LogP contribution in [-0.2, 0) is 14.8 Å². The Balaban J connectivity index is 1.62. The highest BCUT2D eigenvalue weighted by atomic mass is 35.5. The first kappa shape index (κ1) is 20.1. The molecule has 2 heterocycles. The quantitative estimate of drug-likeness (QED) is 0.702.